The van der Waals surface area contributed by atoms with Gasteiger partial charge in [-0.3, -0.25) is 0 Å². The summed E-state index contributed by atoms with van der Waals surface area (Å²) in [6.45, 7) is 2.89. The number of nitrogens with zero attached hydrogens (tertiary/aromatic N) is 1. The molecule has 0 aromatic heterocycles. The minimum Gasteiger partial charge on any atom is -0.387 e. The first-order chi connectivity index (χ1) is 7.91. The van der Waals surface area contributed by atoms with Crippen LogP contribution >= 0.6 is 15.9 Å². The zero-order valence-corrected chi connectivity index (χ0v) is 12.2. The van der Waals surface area contributed by atoms with Crippen LogP contribution in [-0.2, 0) is 0 Å². The largest absolute Gasteiger partial charge is 0.387 e. The molecule has 0 bridgehead atoms. The van der Waals surface area contributed by atoms with E-state index in [0.717, 1.165) is 28.6 Å². The Kier molecular flexibility index (Phi) is 5.59. The maximum absolute atomic E-state index is 10.2. The van der Waals surface area contributed by atoms with E-state index < -0.39 is 6.10 Å². The Hall–Kier alpha value is -0.420. The van der Waals surface area contributed by atoms with Gasteiger partial charge in [-0.15, -0.1) is 0 Å². The molecule has 3 N–H and O–H groups in total. The van der Waals surface area contributed by atoms with E-state index >= 15 is 0 Å². The Bertz CT molecular complexity index is 368. The van der Waals surface area contributed by atoms with Crippen molar-refractivity contribution in [1.82, 2.24) is 4.90 Å². The highest BCUT2D eigenvalue weighted by Crippen LogP contribution is 2.23. The van der Waals surface area contributed by atoms with Crippen LogP contribution in [0, 0.1) is 6.92 Å². The van der Waals surface area contributed by atoms with E-state index in [0.29, 0.717) is 0 Å². The average molecular weight is 301 g/mol. The summed E-state index contributed by atoms with van der Waals surface area (Å²) in [6, 6.07) is 5.62. The summed E-state index contributed by atoms with van der Waals surface area (Å²) in [4.78, 5) is 2.07. The van der Waals surface area contributed by atoms with Crippen LogP contribution in [0.3, 0.4) is 0 Å². The van der Waals surface area contributed by atoms with Gasteiger partial charge in [-0.1, -0.05) is 28.1 Å². The number of rotatable bonds is 5. The van der Waals surface area contributed by atoms with Gasteiger partial charge >= 0.3 is 0 Å². The molecule has 0 aliphatic carbocycles. The summed E-state index contributed by atoms with van der Waals surface area (Å²) < 4.78 is 1.05. The molecule has 17 heavy (non-hydrogen) atoms. The first kappa shape index (κ1) is 14.6. The third kappa shape index (κ3) is 4.39. The van der Waals surface area contributed by atoms with E-state index in [1.165, 1.54) is 0 Å². The zero-order chi connectivity index (χ0) is 13.0. The smallest absolute Gasteiger partial charge is 0.0941 e. The molecule has 3 nitrogen and oxygen atoms in total. The lowest BCUT2D eigenvalue weighted by atomic mass is 9.99. The summed E-state index contributed by atoms with van der Waals surface area (Å²) in [6.07, 6.45) is 0.185. The number of benzene rings is 1. The lowest BCUT2D eigenvalue weighted by molar-refractivity contribution is 0.137. The molecule has 0 spiro atoms. The molecule has 1 aromatic carbocycles. The van der Waals surface area contributed by atoms with Crippen LogP contribution in [0.4, 0.5) is 0 Å². The first-order valence-corrected chi connectivity index (χ1v) is 6.55. The number of aliphatic hydroxyl groups excluding tert-OH is 1. The third-order valence-corrected chi connectivity index (χ3v) is 3.73. The molecule has 0 radical (unpaired) electrons. The second-order valence-corrected chi connectivity index (χ2v) is 5.56. The molecule has 1 aromatic rings. The highest BCUT2D eigenvalue weighted by atomic mass is 79.9. The Balaban J connectivity index is 2.67. The summed E-state index contributed by atoms with van der Waals surface area (Å²) >= 11 is 3.45. The minimum atomic E-state index is -0.596. The molecule has 0 fully saturated rings. The van der Waals surface area contributed by atoms with Gasteiger partial charge in [0.15, 0.2) is 0 Å². The van der Waals surface area contributed by atoms with Gasteiger partial charge in [0, 0.05) is 10.5 Å². The molecule has 0 amide bonds. The maximum Gasteiger partial charge on any atom is 0.0941 e. The summed E-state index contributed by atoms with van der Waals surface area (Å²) in [5.74, 6) is 0. The van der Waals surface area contributed by atoms with Gasteiger partial charge in [0.1, 0.15) is 0 Å². The average Bonchev–Trinajstić information content (AvgIpc) is 2.28. The number of nitrogens with two attached hydrogens (primary N) is 1. The monoisotopic (exact) mass is 300 g/mol. The maximum atomic E-state index is 10.2. The highest BCUT2D eigenvalue weighted by molar-refractivity contribution is 9.10. The van der Waals surface area contributed by atoms with Crippen LogP contribution in [0.25, 0.3) is 0 Å². The van der Waals surface area contributed by atoms with Crippen molar-refractivity contribution >= 4 is 15.9 Å². The molecule has 2 atom stereocenters. The molecule has 2 unspecified atom stereocenters. The van der Waals surface area contributed by atoms with Gasteiger partial charge in [0.05, 0.1) is 6.10 Å². The molecular formula is C13H21BrN2O. The van der Waals surface area contributed by atoms with Crippen LogP contribution < -0.4 is 5.73 Å². The normalized spacial score (nSPS) is 15.0. The van der Waals surface area contributed by atoms with Gasteiger partial charge in [0.25, 0.3) is 0 Å². The Morgan fingerprint density at radius 2 is 2.06 bits per heavy atom. The van der Waals surface area contributed by atoms with E-state index in [1.54, 1.807) is 0 Å². The lowest BCUT2D eigenvalue weighted by Gasteiger charge is -2.21. The summed E-state index contributed by atoms with van der Waals surface area (Å²) in [7, 11) is 4.01. The van der Waals surface area contributed by atoms with Crippen molar-refractivity contribution in [2.45, 2.75) is 25.5 Å². The molecule has 0 saturated carbocycles. The number of aryl methyl sites for hydroxylation is 1. The van der Waals surface area contributed by atoms with Crippen molar-refractivity contribution in [3.05, 3.63) is 33.8 Å². The van der Waals surface area contributed by atoms with Crippen molar-refractivity contribution in [3.63, 3.8) is 0 Å². The fourth-order valence-corrected chi connectivity index (χ4v) is 1.91. The van der Waals surface area contributed by atoms with Crippen molar-refractivity contribution in [3.8, 4) is 0 Å². The van der Waals surface area contributed by atoms with Crippen molar-refractivity contribution in [2.75, 3.05) is 20.6 Å². The predicted molar refractivity (Wildman–Crippen MR) is 75.0 cm³/mol. The third-order valence-electron chi connectivity index (χ3n) is 2.84. The molecular weight excluding hydrogens is 280 g/mol. The molecule has 1 rings (SSSR count). The molecule has 4 heteroatoms. The van der Waals surface area contributed by atoms with Gasteiger partial charge in [-0.05, 0) is 51.2 Å². The number of hydrogen-bond donors (Lipinski definition) is 2. The van der Waals surface area contributed by atoms with Crippen molar-refractivity contribution < 1.29 is 5.11 Å². The standard InChI is InChI=1S/C13H21BrN2O/c1-9-8-10(4-5-11(9)14)13(17)12(15)6-7-16(2)3/h4-5,8,12-13,17H,6-7,15H2,1-3H3. The van der Waals surface area contributed by atoms with Crippen LogP contribution in [0.15, 0.2) is 22.7 Å². The zero-order valence-electron chi connectivity index (χ0n) is 10.7. The molecule has 0 heterocycles. The Morgan fingerprint density at radius 1 is 1.41 bits per heavy atom. The summed E-state index contributed by atoms with van der Waals surface area (Å²) in [5.41, 5.74) is 8.00. The van der Waals surface area contributed by atoms with Crippen molar-refractivity contribution in [1.29, 1.82) is 0 Å². The second kappa shape index (κ2) is 6.50. The van der Waals surface area contributed by atoms with Gasteiger partial charge in [-0.25, -0.2) is 0 Å². The fraction of sp³-hybridized carbons (Fsp3) is 0.538. The molecule has 0 aliphatic heterocycles. The number of halogens is 1. The second-order valence-electron chi connectivity index (χ2n) is 4.71. The topological polar surface area (TPSA) is 49.5 Å². The van der Waals surface area contributed by atoms with Crippen LogP contribution in [0.5, 0.6) is 0 Å². The lowest BCUT2D eigenvalue weighted by Crippen LogP contribution is -2.32. The van der Waals surface area contributed by atoms with Gasteiger partial charge in [0.2, 0.25) is 0 Å². The first-order valence-electron chi connectivity index (χ1n) is 5.76. The number of hydrogen-bond acceptors (Lipinski definition) is 3. The molecule has 0 saturated heterocycles. The minimum absolute atomic E-state index is 0.224. The van der Waals surface area contributed by atoms with Gasteiger partial charge in [-0.2, -0.15) is 0 Å². The van der Waals surface area contributed by atoms with Crippen LogP contribution in [0.1, 0.15) is 23.7 Å². The predicted octanol–water partition coefficient (Wildman–Crippen LogP) is 2.07. The number of aliphatic hydroxyl groups is 1. The molecule has 96 valence electrons. The van der Waals surface area contributed by atoms with E-state index in [9.17, 15) is 5.11 Å². The van der Waals surface area contributed by atoms with Crippen LogP contribution in [-0.4, -0.2) is 36.7 Å². The van der Waals surface area contributed by atoms with E-state index in [4.69, 9.17) is 5.73 Å². The van der Waals surface area contributed by atoms with Crippen molar-refractivity contribution in [2.24, 2.45) is 5.73 Å². The Labute approximate surface area is 112 Å². The fourth-order valence-electron chi connectivity index (χ4n) is 1.66. The summed E-state index contributed by atoms with van der Waals surface area (Å²) in [5, 5.41) is 10.2. The highest BCUT2D eigenvalue weighted by Gasteiger charge is 2.17. The van der Waals surface area contributed by atoms with Crippen LogP contribution in [0.2, 0.25) is 0 Å². The quantitative estimate of drug-likeness (QED) is 0.875. The van der Waals surface area contributed by atoms with E-state index in [2.05, 4.69) is 20.8 Å². The molecule has 0 aliphatic rings. The SMILES string of the molecule is Cc1cc(C(O)C(N)CCN(C)C)ccc1Br. The van der Waals surface area contributed by atoms with Gasteiger partial charge < -0.3 is 15.7 Å². The Morgan fingerprint density at radius 3 is 2.59 bits per heavy atom. The van der Waals surface area contributed by atoms with E-state index in [1.807, 2.05) is 39.2 Å². The van der Waals surface area contributed by atoms with E-state index in [-0.39, 0.29) is 6.04 Å².